The Morgan fingerprint density at radius 2 is 2.00 bits per heavy atom. The largest absolute Gasteiger partial charge is 0.382 e. The molecule has 0 aliphatic carbocycles. The average Bonchev–Trinajstić information content (AvgIpc) is 2.33. The van der Waals surface area contributed by atoms with Gasteiger partial charge in [-0.2, -0.15) is 0 Å². The van der Waals surface area contributed by atoms with E-state index in [9.17, 15) is 4.79 Å². The minimum absolute atomic E-state index is 0.180. The summed E-state index contributed by atoms with van der Waals surface area (Å²) in [5, 5.41) is 3.09. The van der Waals surface area contributed by atoms with Crippen LogP contribution in [0.5, 0.6) is 0 Å². The third-order valence-electron chi connectivity index (χ3n) is 2.03. The zero-order chi connectivity index (χ0) is 12.3. The number of hydrogen-bond acceptors (Lipinski definition) is 4. The van der Waals surface area contributed by atoms with Gasteiger partial charge in [-0.15, -0.1) is 0 Å². The van der Waals surface area contributed by atoms with Crippen LogP contribution in [0.4, 0.5) is 11.5 Å². The first kappa shape index (κ1) is 11.3. The van der Waals surface area contributed by atoms with E-state index < -0.39 is 0 Å². The lowest BCUT2D eigenvalue weighted by Crippen LogP contribution is -2.14. The molecule has 0 unspecified atom stereocenters. The number of carbonyl (C=O) groups is 1. The molecule has 2 rings (SSSR count). The standard InChI is InChI=1S/C11H9ClN4O/c12-7-3-1-2-4-8(7)16-11(17)9-5-15-10(13)6-14-9/h1-6H,(H2,13,15)(H,16,17). The lowest BCUT2D eigenvalue weighted by molar-refractivity contribution is 0.102. The van der Waals surface area contributed by atoms with E-state index in [2.05, 4.69) is 15.3 Å². The van der Waals surface area contributed by atoms with Crippen molar-refractivity contribution in [3.8, 4) is 0 Å². The van der Waals surface area contributed by atoms with Gasteiger partial charge in [0.25, 0.3) is 5.91 Å². The molecule has 0 aliphatic rings. The maximum absolute atomic E-state index is 11.8. The van der Waals surface area contributed by atoms with E-state index in [1.165, 1.54) is 12.4 Å². The van der Waals surface area contributed by atoms with Crippen LogP contribution < -0.4 is 11.1 Å². The maximum Gasteiger partial charge on any atom is 0.275 e. The Morgan fingerprint density at radius 3 is 2.65 bits per heavy atom. The van der Waals surface area contributed by atoms with Gasteiger partial charge in [0, 0.05) is 0 Å². The molecule has 2 aromatic rings. The molecule has 0 saturated carbocycles. The molecule has 1 amide bonds. The summed E-state index contributed by atoms with van der Waals surface area (Å²) in [5.74, 6) is -0.120. The molecule has 0 saturated heterocycles. The van der Waals surface area contributed by atoms with Gasteiger partial charge in [-0.05, 0) is 12.1 Å². The summed E-state index contributed by atoms with van der Waals surface area (Å²) in [6.07, 6.45) is 2.63. The maximum atomic E-state index is 11.8. The number of amides is 1. The third kappa shape index (κ3) is 2.70. The van der Waals surface area contributed by atoms with Crippen molar-refractivity contribution in [2.75, 3.05) is 11.1 Å². The molecule has 0 atom stereocenters. The molecule has 17 heavy (non-hydrogen) atoms. The van der Waals surface area contributed by atoms with Crippen molar-refractivity contribution in [3.05, 3.63) is 47.4 Å². The Balaban J connectivity index is 2.17. The molecule has 3 N–H and O–H groups in total. The van der Waals surface area contributed by atoms with Crippen molar-refractivity contribution < 1.29 is 4.79 Å². The van der Waals surface area contributed by atoms with Crippen LogP contribution in [0.1, 0.15) is 10.5 Å². The zero-order valence-electron chi connectivity index (χ0n) is 8.72. The summed E-state index contributed by atoms with van der Waals surface area (Å²) in [5.41, 5.74) is 6.08. The summed E-state index contributed by atoms with van der Waals surface area (Å²) in [4.78, 5) is 19.4. The summed E-state index contributed by atoms with van der Waals surface area (Å²) in [6, 6.07) is 6.94. The van der Waals surface area contributed by atoms with Crippen LogP contribution in [0, 0.1) is 0 Å². The number of anilines is 2. The third-order valence-corrected chi connectivity index (χ3v) is 2.36. The predicted molar refractivity (Wildman–Crippen MR) is 65.8 cm³/mol. The number of halogens is 1. The van der Waals surface area contributed by atoms with E-state index in [4.69, 9.17) is 17.3 Å². The van der Waals surface area contributed by atoms with Gasteiger partial charge < -0.3 is 11.1 Å². The van der Waals surface area contributed by atoms with Crippen LogP contribution >= 0.6 is 11.6 Å². The van der Waals surface area contributed by atoms with Crippen LogP contribution in [0.3, 0.4) is 0 Å². The molecule has 5 nitrogen and oxygen atoms in total. The van der Waals surface area contributed by atoms with Crippen LogP contribution in [-0.4, -0.2) is 15.9 Å². The van der Waals surface area contributed by atoms with Crippen molar-refractivity contribution in [3.63, 3.8) is 0 Å². The zero-order valence-corrected chi connectivity index (χ0v) is 9.48. The molecule has 0 spiro atoms. The number of nitrogens with two attached hydrogens (primary N) is 1. The predicted octanol–water partition coefficient (Wildman–Crippen LogP) is 1.96. The second-order valence-electron chi connectivity index (χ2n) is 3.26. The molecule has 1 heterocycles. The quantitative estimate of drug-likeness (QED) is 0.851. The fourth-order valence-corrected chi connectivity index (χ4v) is 1.39. The van der Waals surface area contributed by atoms with E-state index in [0.29, 0.717) is 10.7 Å². The minimum Gasteiger partial charge on any atom is -0.382 e. The van der Waals surface area contributed by atoms with Crippen molar-refractivity contribution >= 4 is 29.0 Å². The fraction of sp³-hybridized carbons (Fsp3) is 0. The molecule has 86 valence electrons. The van der Waals surface area contributed by atoms with Crippen LogP contribution in [0.25, 0.3) is 0 Å². The molecule has 0 radical (unpaired) electrons. The van der Waals surface area contributed by atoms with Gasteiger partial charge in [0.05, 0.1) is 23.1 Å². The monoisotopic (exact) mass is 248 g/mol. The molecule has 0 bridgehead atoms. The van der Waals surface area contributed by atoms with Gasteiger partial charge >= 0.3 is 0 Å². The smallest absolute Gasteiger partial charge is 0.275 e. The lowest BCUT2D eigenvalue weighted by Gasteiger charge is -2.05. The number of nitrogen functional groups attached to an aromatic ring is 1. The number of carbonyl (C=O) groups excluding carboxylic acids is 1. The average molecular weight is 249 g/mol. The molecule has 1 aromatic heterocycles. The normalized spacial score (nSPS) is 9.94. The second kappa shape index (κ2) is 4.80. The fourth-order valence-electron chi connectivity index (χ4n) is 1.20. The van der Waals surface area contributed by atoms with Gasteiger partial charge in [-0.1, -0.05) is 23.7 Å². The summed E-state index contributed by atoms with van der Waals surface area (Å²) < 4.78 is 0. The highest BCUT2D eigenvalue weighted by molar-refractivity contribution is 6.33. The first-order valence-electron chi connectivity index (χ1n) is 4.80. The Labute approximate surface area is 103 Å². The first-order valence-corrected chi connectivity index (χ1v) is 5.18. The van der Waals surface area contributed by atoms with Crippen LogP contribution in [0.2, 0.25) is 5.02 Å². The number of benzene rings is 1. The number of aromatic nitrogens is 2. The van der Waals surface area contributed by atoms with Gasteiger partial charge in [0.2, 0.25) is 0 Å². The Kier molecular flexibility index (Phi) is 3.20. The first-order chi connectivity index (χ1) is 8.16. The highest BCUT2D eigenvalue weighted by Crippen LogP contribution is 2.20. The van der Waals surface area contributed by atoms with Crippen LogP contribution in [-0.2, 0) is 0 Å². The molecule has 0 aliphatic heterocycles. The molecule has 0 fully saturated rings. The Hall–Kier alpha value is -2.14. The van der Waals surface area contributed by atoms with Gasteiger partial charge in [0.15, 0.2) is 0 Å². The lowest BCUT2D eigenvalue weighted by atomic mass is 10.3. The minimum atomic E-state index is -0.384. The van der Waals surface area contributed by atoms with E-state index in [1.807, 2.05) is 0 Å². The molecule has 1 aromatic carbocycles. The van der Waals surface area contributed by atoms with Crippen molar-refractivity contribution in [2.45, 2.75) is 0 Å². The van der Waals surface area contributed by atoms with Gasteiger partial charge in [0.1, 0.15) is 11.5 Å². The number of nitrogens with one attached hydrogen (secondary N) is 1. The number of hydrogen-bond donors (Lipinski definition) is 2. The summed E-state index contributed by atoms with van der Waals surface area (Å²) in [6.45, 7) is 0. The second-order valence-corrected chi connectivity index (χ2v) is 3.67. The number of para-hydroxylation sites is 1. The molecular formula is C11H9ClN4O. The van der Waals surface area contributed by atoms with E-state index in [0.717, 1.165) is 0 Å². The summed E-state index contributed by atoms with van der Waals surface area (Å²) in [7, 11) is 0. The summed E-state index contributed by atoms with van der Waals surface area (Å²) >= 11 is 5.91. The van der Waals surface area contributed by atoms with Crippen molar-refractivity contribution in [1.29, 1.82) is 0 Å². The molecule has 6 heteroatoms. The van der Waals surface area contributed by atoms with Gasteiger partial charge in [-0.3, -0.25) is 4.79 Å². The van der Waals surface area contributed by atoms with E-state index in [1.54, 1.807) is 24.3 Å². The topological polar surface area (TPSA) is 80.9 Å². The van der Waals surface area contributed by atoms with Gasteiger partial charge in [-0.25, -0.2) is 9.97 Å². The molecular weight excluding hydrogens is 240 g/mol. The van der Waals surface area contributed by atoms with Crippen molar-refractivity contribution in [2.24, 2.45) is 0 Å². The number of nitrogens with zero attached hydrogens (tertiary/aromatic N) is 2. The highest BCUT2D eigenvalue weighted by atomic mass is 35.5. The number of rotatable bonds is 2. The Bertz CT molecular complexity index is 541. The SMILES string of the molecule is Nc1cnc(C(=O)Nc2ccccc2Cl)cn1. The highest BCUT2D eigenvalue weighted by Gasteiger charge is 2.09. The van der Waals surface area contributed by atoms with Crippen molar-refractivity contribution in [1.82, 2.24) is 9.97 Å². The van der Waals surface area contributed by atoms with E-state index in [-0.39, 0.29) is 17.4 Å². The van der Waals surface area contributed by atoms with E-state index >= 15 is 0 Å². The van der Waals surface area contributed by atoms with Crippen LogP contribution in [0.15, 0.2) is 36.7 Å². The Morgan fingerprint density at radius 1 is 1.24 bits per heavy atom.